The quantitative estimate of drug-likeness (QED) is 0.622. The molecular weight excluding hydrogens is 306 g/mol. The highest BCUT2D eigenvalue weighted by Gasteiger charge is 2.19. The summed E-state index contributed by atoms with van der Waals surface area (Å²) < 4.78 is 32.2. The molecule has 1 fully saturated rings. The van der Waals surface area contributed by atoms with Crippen LogP contribution in [0.5, 0.6) is 0 Å². The molecule has 0 aromatic heterocycles. The van der Waals surface area contributed by atoms with Crippen LogP contribution in [0.3, 0.4) is 0 Å². The van der Waals surface area contributed by atoms with E-state index in [1.54, 1.807) is 0 Å². The highest BCUT2D eigenvalue weighted by Crippen LogP contribution is 2.23. The predicted octanol–water partition coefficient (Wildman–Crippen LogP) is 3.87. The SMILES string of the molecule is O=C(CCC1CCCO1)c1cc(F)c(Br)cc1F. The molecule has 0 bridgehead atoms. The monoisotopic (exact) mass is 318 g/mol. The normalized spacial score (nSPS) is 19.2. The summed E-state index contributed by atoms with van der Waals surface area (Å²) >= 11 is 2.88. The van der Waals surface area contributed by atoms with Crippen LogP contribution in [0.2, 0.25) is 0 Å². The van der Waals surface area contributed by atoms with Gasteiger partial charge < -0.3 is 4.74 Å². The minimum absolute atomic E-state index is 0.0238. The van der Waals surface area contributed by atoms with E-state index in [-0.39, 0.29) is 28.3 Å². The van der Waals surface area contributed by atoms with Gasteiger partial charge in [-0.3, -0.25) is 4.79 Å². The zero-order chi connectivity index (χ0) is 13.1. The Labute approximate surface area is 112 Å². The van der Waals surface area contributed by atoms with Crippen LogP contribution >= 0.6 is 15.9 Å². The second kappa shape index (κ2) is 5.89. The number of carbonyl (C=O) groups is 1. The van der Waals surface area contributed by atoms with Crippen LogP contribution in [0.15, 0.2) is 16.6 Å². The van der Waals surface area contributed by atoms with Crippen molar-refractivity contribution in [2.24, 2.45) is 0 Å². The maximum absolute atomic E-state index is 13.5. The Morgan fingerprint density at radius 3 is 2.83 bits per heavy atom. The lowest BCUT2D eigenvalue weighted by atomic mass is 10.0. The van der Waals surface area contributed by atoms with Crippen molar-refractivity contribution in [3.8, 4) is 0 Å². The minimum Gasteiger partial charge on any atom is -0.378 e. The van der Waals surface area contributed by atoms with Gasteiger partial charge in [0.1, 0.15) is 11.6 Å². The van der Waals surface area contributed by atoms with Crippen molar-refractivity contribution < 1.29 is 18.3 Å². The Morgan fingerprint density at radius 1 is 1.39 bits per heavy atom. The standard InChI is InChI=1S/C13H13BrF2O2/c14-10-7-11(15)9(6-12(10)16)13(17)4-3-8-2-1-5-18-8/h6-8H,1-5H2. The van der Waals surface area contributed by atoms with Crippen LogP contribution in [0.1, 0.15) is 36.0 Å². The van der Waals surface area contributed by atoms with Crippen LogP contribution in [0.25, 0.3) is 0 Å². The predicted molar refractivity (Wildman–Crippen MR) is 66.6 cm³/mol. The number of rotatable bonds is 4. The molecule has 1 unspecified atom stereocenters. The van der Waals surface area contributed by atoms with Gasteiger partial charge in [0.15, 0.2) is 5.78 Å². The van der Waals surface area contributed by atoms with Crippen molar-refractivity contribution in [3.05, 3.63) is 33.8 Å². The fourth-order valence-electron chi connectivity index (χ4n) is 2.04. The maximum atomic E-state index is 13.5. The smallest absolute Gasteiger partial charge is 0.166 e. The number of carbonyl (C=O) groups excluding carboxylic acids is 1. The molecule has 0 N–H and O–H groups in total. The van der Waals surface area contributed by atoms with E-state index < -0.39 is 11.6 Å². The van der Waals surface area contributed by atoms with E-state index >= 15 is 0 Å². The average Bonchev–Trinajstić information content (AvgIpc) is 2.84. The lowest BCUT2D eigenvalue weighted by Crippen LogP contribution is -2.10. The van der Waals surface area contributed by atoms with Crippen LogP contribution < -0.4 is 0 Å². The van der Waals surface area contributed by atoms with E-state index in [1.807, 2.05) is 0 Å². The van der Waals surface area contributed by atoms with E-state index in [9.17, 15) is 13.6 Å². The van der Waals surface area contributed by atoms with Crippen molar-refractivity contribution in [1.29, 1.82) is 0 Å². The second-order valence-corrected chi connectivity index (χ2v) is 5.20. The molecular formula is C13H13BrF2O2. The molecule has 1 atom stereocenters. The Kier molecular flexibility index (Phi) is 4.45. The molecule has 0 saturated carbocycles. The van der Waals surface area contributed by atoms with E-state index in [0.717, 1.165) is 31.6 Å². The molecule has 18 heavy (non-hydrogen) atoms. The van der Waals surface area contributed by atoms with Gasteiger partial charge in [0.2, 0.25) is 0 Å². The number of hydrogen-bond donors (Lipinski definition) is 0. The lowest BCUT2D eigenvalue weighted by molar-refractivity contribution is 0.0856. The molecule has 1 aliphatic heterocycles. The van der Waals surface area contributed by atoms with Crippen molar-refractivity contribution in [2.75, 3.05) is 6.61 Å². The summed E-state index contributed by atoms with van der Waals surface area (Å²) in [5.74, 6) is -1.70. The van der Waals surface area contributed by atoms with Gasteiger partial charge in [-0.05, 0) is 47.3 Å². The molecule has 2 rings (SSSR count). The van der Waals surface area contributed by atoms with Crippen LogP contribution in [-0.2, 0) is 4.74 Å². The first-order valence-corrected chi connectivity index (χ1v) is 6.66. The summed E-state index contributed by atoms with van der Waals surface area (Å²) in [7, 11) is 0. The highest BCUT2D eigenvalue weighted by atomic mass is 79.9. The van der Waals surface area contributed by atoms with Gasteiger partial charge in [-0.1, -0.05) is 0 Å². The number of benzene rings is 1. The lowest BCUT2D eigenvalue weighted by Gasteiger charge is -2.09. The number of Topliss-reactive ketones (excluding diaryl/α,β-unsaturated/α-hetero) is 1. The van der Waals surface area contributed by atoms with E-state index in [2.05, 4.69) is 15.9 Å². The summed E-state index contributed by atoms with van der Waals surface area (Å²) in [5, 5.41) is 0. The topological polar surface area (TPSA) is 26.3 Å². The molecule has 98 valence electrons. The molecule has 1 heterocycles. The number of ketones is 1. The van der Waals surface area contributed by atoms with Crippen LogP contribution in [0.4, 0.5) is 8.78 Å². The van der Waals surface area contributed by atoms with Crippen molar-refractivity contribution in [1.82, 2.24) is 0 Å². The fraction of sp³-hybridized carbons (Fsp3) is 0.462. The third-order valence-electron chi connectivity index (χ3n) is 3.03. The van der Waals surface area contributed by atoms with Crippen molar-refractivity contribution >= 4 is 21.7 Å². The third kappa shape index (κ3) is 3.14. The summed E-state index contributed by atoms with van der Waals surface area (Å²) in [6, 6.07) is 1.92. The summed E-state index contributed by atoms with van der Waals surface area (Å²) in [4.78, 5) is 11.8. The van der Waals surface area contributed by atoms with Gasteiger partial charge in [0, 0.05) is 13.0 Å². The molecule has 1 aromatic rings. The van der Waals surface area contributed by atoms with Gasteiger partial charge in [-0.25, -0.2) is 8.78 Å². The van der Waals surface area contributed by atoms with Gasteiger partial charge in [-0.2, -0.15) is 0 Å². The Morgan fingerprint density at radius 2 is 2.17 bits per heavy atom. The zero-order valence-electron chi connectivity index (χ0n) is 9.72. The average molecular weight is 319 g/mol. The molecule has 0 amide bonds. The first-order valence-electron chi connectivity index (χ1n) is 5.87. The molecule has 1 aliphatic rings. The minimum atomic E-state index is -0.694. The summed E-state index contributed by atoms with van der Waals surface area (Å²) in [6.07, 6.45) is 2.76. The van der Waals surface area contributed by atoms with Gasteiger partial charge >= 0.3 is 0 Å². The van der Waals surface area contributed by atoms with Gasteiger partial charge in [0.25, 0.3) is 0 Å². The number of hydrogen-bond acceptors (Lipinski definition) is 2. The van der Waals surface area contributed by atoms with E-state index in [0.29, 0.717) is 6.42 Å². The molecule has 0 spiro atoms. The fourth-order valence-corrected chi connectivity index (χ4v) is 2.35. The largest absolute Gasteiger partial charge is 0.378 e. The third-order valence-corrected chi connectivity index (χ3v) is 3.64. The Hall–Kier alpha value is -0.810. The van der Waals surface area contributed by atoms with Crippen molar-refractivity contribution in [2.45, 2.75) is 31.8 Å². The van der Waals surface area contributed by atoms with Crippen LogP contribution in [-0.4, -0.2) is 18.5 Å². The summed E-state index contributed by atoms with van der Waals surface area (Å²) in [6.45, 7) is 0.722. The second-order valence-electron chi connectivity index (χ2n) is 4.34. The molecule has 0 aliphatic carbocycles. The van der Waals surface area contributed by atoms with Crippen LogP contribution in [0, 0.1) is 11.6 Å². The number of ether oxygens (including phenoxy) is 1. The first kappa shape index (κ1) is 13.6. The van der Waals surface area contributed by atoms with Gasteiger partial charge in [0.05, 0.1) is 16.1 Å². The van der Waals surface area contributed by atoms with Gasteiger partial charge in [-0.15, -0.1) is 0 Å². The Balaban J connectivity index is 2.01. The van der Waals surface area contributed by atoms with E-state index in [4.69, 9.17) is 4.74 Å². The molecule has 1 saturated heterocycles. The Bertz CT molecular complexity index is 457. The first-order chi connectivity index (χ1) is 8.58. The van der Waals surface area contributed by atoms with Crippen molar-refractivity contribution in [3.63, 3.8) is 0 Å². The molecule has 5 heteroatoms. The molecule has 2 nitrogen and oxygen atoms in total. The van der Waals surface area contributed by atoms with E-state index in [1.165, 1.54) is 0 Å². The highest BCUT2D eigenvalue weighted by molar-refractivity contribution is 9.10. The zero-order valence-corrected chi connectivity index (χ0v) is 11.3. The summed E-state index contributed by atoms with van der Waals surface area (Å²) in [5.41, 5.74) is -0.186. The molecule has 1 aromatic carbocycles. The number of halogens is 3. The maximum Gasteiger partial charge on any atom is 0.166 e. The molecule has 0 radical (unpaired) electrons.